The van der Waals surface area contributed by atoms with Gasteiger partial charge < -0.3 is 24.8 Å². The normalized spacial score (nSPS) is 10.0. The van der Waals surface area contributed by atoms with Gasteiger partial charge >= 0.3 is 6.03 Å². The molecule has 6 nitrogen and oxygen atoms in total. The van der Waals surface area contributed by atoms with E-state index in [4.69, 9.17) is 14.2 Å². The van der Waals surface area contributed by atoms with Gasteiger partial charge in [0.2, 0.25) is 0 Å². The Morgan fingerprint density at radius 3 is 2.48 bits per heavy atom. The van der Waals surface area contributed by atoms with Crippen molar-refractivity contribution in [1.82, 2.24) is 5.32 Å². The lowest BCUT2D eigenvalue weighted by molar-refractivity contribution is 0.252. The predicted molar refractivity (Wildman–Crippen MR) is 97.9 cm³/mol. The van der Waals surface area contributed by atoms with Crippen LogP contribution in [0.1, 0.15) is 12.0 Å². The van der Waals surface area contributed by atoms with Crippen LogP contribution in [0.4, 0.5) is 10.5 Å². The first-order chi connectivity index (χ1) is 12.2. The molecule has 134 valence electrons. The lowest BCUT2D eigenvalue weighted by Gasteiger charge is -2.10. The van der Waals surface area contributed by atoms with E-state index in [1.54, 1.807) is 27.4 Å². The molecule has 0 bridgehead atoms. The first-order valence-electron chi connectivity index (χ1n) is 8.06. The third-order valence-corrected chi connectivity index (χ3v) is 3.70. The van der Waals surface area contributed by atoms with Gasteiger partial charge in [0.25, 0.3) is 0 Å². The van der Waals surface area contributed by atoms with Gasteiger partial charge in [0.05, 0.1) is 21.3 Å². The Hall–Kier alpha value is -2.89. The van der Waals surface area contributed by atoms with Crippen LogP contribution in [-0.2, 0) is 6.42 Å². The highest BCUT2D eigenvalue weighted by Crippen LogP contribution is 2.27. The van der Waals surface area contributed by atoms with E-state index in [2.05, 4.69) is 10.6 Å². The molecule has 0 saturated carbocycles. The maximum Gasteiger partial charge on any atom is 0.319 e. The minimum Gasteiger partial charge on any atom is -0.497 e. The number of urea groups is 1. The van der Waals surface area contributed by atoms with E-state index in [1.807, 2.05) is 36.4 Å². The van der Waals surface area contributed by atoms with Gasteiger partial charge in [-0.05, 0) is 42.7 Å². The van der Waals surface area contributed by atoms with Crippen molar-refractivity contribution in [3.05, 3.63) is 48.0 Å². The molecule has 0 unspecified atom stereocenters. The van der Waals surface area contributed by atoms with E-state index < -0.39 is 0 Å². The second kappa shape index (κ2) is 9.42. The zero-order valence-corrected chi connectivity index (χ0v) is 14.8. The van der Waals surface area contributed by atoms with Crippen LogP contribution in [0.25, 0.3) is 0 Å². The molecule has 2 aromatic rings. The molecule has 2 amide bonds. The number of carbonyl (C=O) groups excluding carboxylic acids is 1. The van der Waals surface area contributed by atoms with Crippen molar-refractivity contribution in [2.24, 2.45) is 0 Å². The van der Waals surface area contributed by atoms with Crippen molar-refractivity contribution in [3.63, 3.8) is 0 Å². The van der Waals surface area contributed by atoms with Crippen molar-refractivity contribution in [3.8, 4) is 17.2 Å². The molecule has 0 aromatic heterocycles. The quantitative estimate of drug-likeness (QED) is 0.720. The maximum absolute atomic E-state index is 11.9. The number of hydrogen-bond donors (Lipinski definition) is 2. The Labute approximate surface area is 148 Å². The number of ether oxygens (including phenoxy) is 3. The van der Waals surface area contributed by atoms with E-state index in [-0.39, 0.29) is 6.03 Å². The fraction of sp³-hybridized carbons (Fsp3) is 0.316. The molecule has 0 heterocycles. The summed E-state index contributed by atoms with van der Waals surface area (Å²) in [7, 11) is 4.82. The van der Waals surface area contributed by atoms with Gasteiger partial charge in [-0.3, -0.25) is 0 Å². The fourth-order valence-electron chi connectivity index (χ4n) is 2.41. The number of benzene rings is 2. The molecule has 0 saturated heterocycles. The summed E-state index contributed by atoms with van der Waals surface area (Å²) < 4.78 is 15.6. The van der Waals surface area contributed by atoms with Gasteiger partial charge in [0.1, 0.15) is 5.75 Å². The monoisotopic (exact) mass is 344 g/mol. The second-order valence-electron chi connectivity index (χ2n) is 5.41. The van der Waals surface area contributed by atoms with Gasteiger partial charge in [0, 0.05) is 18.3 Å². The summed E-state index contributed by atoms with van der Waals surface area (Å²) in [5.74, 6) is 2.12. The molecule has 2 rings (SSSR count). The lowest BCUT2D eigenvalue weighted by atomic mass is 10.1. The van der Waals surface area contributed by atoms with Crippen LogP contribution in [0.15, 0.2) is 42.5 Å². The molecule has 2 N–H and O–H groups in total. The molecule has 2 aromatic carbocycles. The lowest BCUT2D eigenvalue weighted by Crippen LogP contribution is -2.29. The summed E-state index contributed by atoms with van der Waals surface area (Å²) >= 11 is 0. The van der Waals surface area contributed by atoms with Crippen molar-refractivity contribution in [1.29, 1.82) is 0 Å². The van der Waals surface area contributed by atoms with E-state index in [0.29, 0.717) is 29.5 Å². The topological polar surface area (TPSA) is 68.8 Å². The molecule has 0 radical (unpaired) electrons. The van der Waals surface area contributed by atoms with Gasteiger partial charge in [-0.25, -0.2) is 4.79 Å². The molecule has 0 aliphatic heterocycles. The van der Waals surface area contributed by atoms with Crippen LogP contribution in [-0.4, -0.2) is 33.9 Å². The van der Waals surface area contributed by atoms with Crippen molar-refractivity contribution >= 4 is 11.7 Å². The summed E-state index contributed by atoms with van der Waals surface area (Å²) in [6.45, 7) is 0.574. The van der Waals surface area contributed by atoms with Gasteiger partial charge in [-0.2, -0.15) is 0 Å². The number of anilines is 1. The number of hydrogen-bond acceptors (Lipinski definition) is 4. The van der Waals surface area contributed by atoms with Crippen LogP contribution in [0.3, 0.4) is 0 Å². The molecule has 0 aliphatic rings. The number of amides is 2. The molecule has 25 heavy (non-hydrogen) atoms. The third-order valence-electron chi connectivity index (χ3n) is 3.70. The second-order valence-corrected chi connectivity index (χ2v) is 5.41. The molecule has 0 atom stereocenters. The summed E-state index contributed by atoms with van der Waals surface area (Å²) in [6.07, 6.45) is 1.65. The highest BCUT2D eigenvalue weighted by atomic mass is 16.5. The highest BCUT2D eigenvalue weighted by Gasteiger charge is 2.05. The summed E-state index contributed by atoms with van der Waals surface area (Å²) in [4.78, 5) is 11.9. The Kier molecular flexibility index (Phi) is 6.95. The molecular formula is C19H24N2O4. The van der Waals surface area contributed by atoms with E-state index in [1.165, 1.54) is 0 Å². The summed E-state index contributed by atoms with van der Waals surface area (Å²) in [5, 5.41) is 5.63. The maximum atomic E-state index is 11.9. The van der Waals surface area contributed by atoms with Crippen molar-refractivity contribution in [2.75, 3.05) is 33.2 Å². The van der Waals surface area contributed by atoms with Crippen molar-refractivity contribution < 1.29 is 19.0 Å². The average Bonchev–Trinajstić information content (AvgIpc) is 2.65. The number of aryl methyl sites for hydroxylation is 1. The standard InChI is InChI=1S/C19H24N2O4/c1-23-16-8-4-7-15(13-16)21-19(22)20-11-5-6-14-9-10-17(24-2)18(12-14)25-3/h4,7-10,12-13H,5-6,11H2,1-3H3,(H2,20,21,22). The van der Waals surface area contributed by atoms with E-state index in [0.717, 1.165) is 18.4 Å². The molecule has 0 spiro atoms. The number of carbonyl (C=O) groups is 1. The molecule has 6 heteroatoms. The van der Waals surface area contributed by atoms with Crippen LogP contribution >= 0.6 is 0 Å². The first-order valence-corrected chi connectivity index (χ1v) is 8.06. The largest absolute Gasteiger partial charge is 0.497 e. The smallest absolute Gasteiger partial charge is 0.319 e. The minimum atomic E-state index is -0.236. The Bertz CT molecular complexity index is 704. The Balaban J connectivity index is 1.76. The summed E-state index contributed by atoms with van der Waals surface area (Å²) in [5.41, 5.74) is 1.82. The first kappa shape index (κ1) is 18.4. The van der Waals surface area contributed by atoms with Crippen LogP contribution < -0.4 is 24.8 Å². The fourth-order valence-corrected chi connectivity index (χ4v) is 2.41. The SMILES string of the molecule is COc1cccc(NC(=O)NCCCc2ccc(OC)c(OC)c2)c1. The van der Waals surface area contributed by atoms with Gasteiger partial charge in [-0.15, -0.1) is 0 Å². The highest BCUT2D eigenvalue weighted by molar-refractivity contribution is 5.89. The van der Waals surface area contributed by atoms with Crippen molar-refractivity contribution in [2.45, 2.75) is 12.8 Å². The number of nitrogens with one attached hydrogen (secondary N) is 2. The van der Waals surface area contributed by atoms with Crippen LogP contribution in [0, 0.1) is 0 Å². The van der Waals surface area contributed by atoms with Crippen LogP contribution in [0.5, 0.6) is 17.2 Å². The minimum absolute atomic E-state index is 0.236. The zero-order valence-electron chi connectivity index (χ0n) is 14.8. The molecular weight excluding hydrogens is 320 g/mol. The molecule has 0 aliphatic carbocycles. The molecule has 0 fully saturated rings. The van der Waals surface area contributed by atoms with E-state index >= 15 is 0 Å². The van der Waals surface area contributed by atoms with E-state index in [9.17, 15) is 4.79 Å². The summed E-state index contributed by atoms with van der Waals surface area (Å²) in [6, 6.07) is 12.8. The number of rotatable bonds is 8. The average molecular weight is 344 g/mol. The third kappa shape index (κ3) is 5.60. The van der Waals surface area contributed by atoms with Crippen LogP contribution in [0.2, 0.25) is 0 Å². The predicted octanol–water partition coefficient (Wildman–Crippen LogP) is 3.47. The zero-order chi connectivity index (χ0) is 18.1. The number of methoxy groups -OCH3 is 3. The Morgan fingerprint density at radius 2 is 1.76 bits per heavy atom. The van der Waals surface area contributed by atoms with Gasteiger partial charge in [0.15, 0.2) is 11.5 Å². The van der Waals surface area contributed by atoms with Gasteiger partial charge in [-0.1, -0.05) is 12.1 Å². The Morgan fingerprint density at radius 1 is 0.960 bits per heavy atom.